The van der Waals surface area contributed by atoms with Crippen molar-refractivity contribution < 1.29 is 9.53 Å². The van der Waals surface area contributed by atoms with Gasteiger partial charge in [0, 0.05) is 11.8 Å². The largest absolute Gasteiger partial charge is 0.489 e. The number of benzene rings is 1. The van der Waals surface area contributed by atoms with Gasteiger partial charge in [-0.25, -0.2) is 4.98 Å². The second-order valence-corrected chi connectivity index (χ2v) is 6.57. The summed E-state index contributed by atoms with van der Waals surface area (Å²) < 4.78 is 5.89. The number of amides is 1. The minimum absolute atomic E-state index is 0.0514. The zero-order valence-electron chi connectivity index (χ0n) is 14.2. The Bertz CT molecular complexity index is 852. The van der Waals surface area contributed by atoms with E-state index in [2.05, 4.69) is 30.1 Å². The molecule has 0 saturated carbocycles. The first kappa shape index (κ1) is 15.6. The second-order valence-electron chi connectivity index (χ2n) is 6.57. The molecule has 0 radical (unpaired) electrons. The van der Waals surface area contributed by atoms with Gasteiger partial charge in [-0.05, 0) is 48.2 Å². The fourth-order valence-electron chi connectivity index (χ4n) is 3.30. The van der Waals surface area contributed by atoms with Crippen LogP contribution in [0.1, 0.15) is 18.9 Å². The molecule has 1 aromatic carbocycles. The number of carbonyl (C=O) groups excluding carboxylic acids is 1. The van der Waals surface area contributed by atoms with Crippen molar-refractivity contribution in [2.24, 2.45) is 5.92 Å². The van der Waals surface area contributed by atoms with E-state index in [9.17, 15) is 4.79 Å². The Labute approximate surface area is 147 Å². The monoisotopic (exact) mass is 332 g/mol. The fraction of sp³-hybridized carbons (Fsp3) is 0.238. The number of allylic oxidation sites excluding steroid dienone is 3. The number of hydrogen-bond donors (Lipinski definition) is 0. The molecule has 1 aliphatic carbocycles. The summed E-state index contributed by atoms with van der Waals surface area (Å²) in [5, 5.41) is 0. The van der Waals surface area contributed by atoms with Gasteiger partial charge in [-0.2, -0.15) is 0 Å². The third-order valence-electron chi connectivity index (χ3n) is 4.55. The summed E-state index contributed by atoms with van der Waals surface area (Å²) in [6.07, 6.45) is 9.59. The minimum Gasteiger partial charge on any atom is -0.489 e. The van der Waals surface area contributed by atoms with Crippen LogP contribution in [-0.4, -0.2) is 17.5 Å². The molecular formula is C21H20N2O2. The Morgan fingerprint density at radius 1 is 1.24 bits per heavy atom. The van der Waals surface area contributed by atoms with Crippen LogP contribution >= 0.6 is 0 Å². The van der Waals surface area contributed by atoms with E-state index < -0.39 is 0 Å². The van der Waals surface area contributed by atoms with Crippen molar-refractivity contribution in [1.82, 2.24) is 4.98 Å². The lowest BCUT2D eigenvalue weighted by atomic mass is 9.97. The first-order valence-electron chi connectivity index (χ1n) is 8.56. The van der Waals surface area contributed by atoms with Crippen molar-refractivity contribution in [3.8, 4) is 5.75 Å². The van der Waals surface area contributed by atoms with Crippen molar-refractivity contribution >= 4 is 17.4 Å². The third kappa shape index (κ3) is 3.20. The van der Waals surface area contributed by atoms with E-state index in [0.29, 0.717) is 18.9 Å². The normalized spacial score (nSPS) is 18.9. The van der Waals surface area contributed by atoms with Crippen LogP contribution in [0.4, 0.5) is 11.5 Å². The van der Waals surface area contributed by atoms with E-state index >= 15 is 0 Å². The molecule has 0 bridgehead atoms. The molecule has 0 N–H and O–H groups in total. The van der Waals surface area contributed by atoms with Crippen LogP contribution in [0.3, 0.4) is 0 Å². The van der Waals surface area contributed by atoms with Gasteiger partial charge in [0.15, 0.2) is 0 Å². The van der Waals surface area contributed by atoms with Gasteiger partial charge < -0.3 is 4.74 Å². The molecule has 1 atom stereocenters. The summed E-state index contributed by atoms with van der Waals surface area (Å²) >= 11 is 0. The van der Waals surface area contributed by atoms with Crippen molar-refractivity contribution in [3.05, 3.63) is 72.0 Å². The smallest absolute Gasteiger partial charge is 0.237 e. The molecule has 0 fully saturated rings. The molecule has 1 amide bonds. The first-order chi connectivity index (χ1) is 12.2. The number of rotatable bonds is 4. The van der Waals surface area contributed by atoms with Crippen LogP contribution in [0.2, 0.25) is 0 Å². The van der Waals surface area contributed by atoms with Gasteiger partial charge in [-0.3, -0.25) is 9.69 Å². The molecule has 4 nitrogen and oxygen atoms in total. The van der Waals surface area contributed by atoms with Gasteiger partial charge in [0.2, 0.25) is 5.91 Å². The number of nitrogens with zero attached hydrogens (tertiary/aromatic N) is 2. The Morgan fingerprint density at radius 2 is 2.08 bits per heavy atom. The number of hydrogen-bond acceptors (Lipinski definition) is 3. The maximum atomic E-state index is 12.3. The molecular weight excluding hydrogens is 312 g/mol. The van der Waals surface area contributed by atoms with Crippen LogP contribution in [0.25, 0.3) is 0 Å². The van der Waals surface area contributed by atoms with Crippen molar-refractivity contribution in [3.63, 3.8) is 0 Å². The summed E-state index contributed by atoms with van der Waals surface area (Å²) in [4.78, 5) is 18.4. The van der Waals surface area contributed by atoms with Gasteiger partial charge in [0.25, 0.3) is 0 Å². The Morgan fingerprint density at radius 3 is 2.88 bits per heavy atom. The van der Waals surface area contributed by atoms with Crippen molar-refractivity contribution in [2.45, 2.75) is 19.8 Å². The molecule has 4 rings (SSSR count). The minimum atomic E-state index is 0.0514. The average Bonchev–Trinajstić information content (AvgIpc) is 2.96. The highest BCUT2D eigenvalue weighted by atomic mass is 16.5. The number of ether oxygens (including phenoxy) is 1. The maximum Gasteiger partial charge on any atom is 0.237 e. The molecule has 0 spiro atoms. The second kappa shape index (κ2) is 6.55. The zero-order chi connectivity index (χ0) is 17.2. The lowest BCUT2D eigenvalue weighted by Gasteiger charge is -2.18. The van der Waals surface area contributed by atoms with Crippen molar-refractivity contribution in [1.29, 1.82) is 0 Å². The predicted octanol–water partition coefficient (Wildman–Crippen LogP) is 4.20. The molecule has 25 heavy (non-hydrogen) atoms. The number of anilines is 2. The van der Waals surface area contributed by atoms with Crippen LogP contribution in [0.5, 0.6) is 5.75 Å². The number of aromatic nitrogens is 1. The quantitative estimate of drug-likeness (QED) is 0.842. The molecule has 0 saturated heterocycles. The summed E-state index contributed by atoms with van der Waals surface area (Å²) in [5.74, 6) is 2.16. The molecule has 2 heterocycles. The Balaban J connectivity index is 1.47. The van der Waals surface area contributed by atoms with E-state index in [1.165, 1.54) is 5.57 Å². The standard InChI is InChI=1S/C21H20N2O2/c1-15-4-2-5-16(12-15)14-25-19-9-7-18(8-10-19)23-20(24)13-17-6-3-11-22-21(17)23/h2-11,15H,12-14H2,1H3. The SMILES string of the molecule is CC1C=CC=C(COc2ccc(N3C(=O)Cc4cccnc43)cc2)C1. The van der Waals surface area contributed by atoms with E-state index in [1.54, 1.807) is 11.1 Å². The van der Waals surface area contributed by atoms with Crippen LogP contribution in [0, 0.1) is 5.92 Å². The average molecular weight is 332 g/mol. The summed E-state index contributed by atoms with van der Waals surface area (Å²) in [5.41, 5.74) is 3.09. The van der Waals surface area contributed by atoms with Gasteiger partial charge >= 0.3 is 0 Å². The summed E-state index contributed by atoms with van der Waals surface area (Å²) in [6.45, 7) is 2.80. The van der Waals surface area contributed by atoms with Gasteiger partial charge in [0.1, 0.15) is 18.2 Å². The first-order valence-corrected chi connectivity index (χ1v) is 8.56. The highest BCUT2D eigenvalue weighted by Gasteiger charge is 2.29. The molecule has 4 heteroatoms. The lowest BCUT2D eigenvalue weighted by Crippen LogP contribution is -2.21. The van der Waals surface area contributed by atoms with E-state index in [4.69, 9.17) is 4.74 Å². The number of pyridine rings is 1. The molecule has 1 aromatic heterocycles. The fourth-order valence-corrected chi connectivity index (χ4v) is 3.30. The molecule has 126 valence electrons. The molecule has 2 aromatic rings. The number of carbonyl (C=O) groups is 1. The highest BCUT2D eigenvalue weighted by molar-refractivity contribution is 6.06. The maximum absolute atomic E-state index is 12.3. The molecule has 1 aliphatic heterocycles. The Kier molecular flexibility index (Phi) is 4.10. The van der Waals surface area contributed by atoms with Crippen molar-refractivity contribution in [2.75, 3.05) is 11.5 Å². The molecule has 2 aliphatic rings. The van der Waals surface area contributed by atoms with E-state index in [-0.39, 0.29) is 5.91 Å². The van der Waals surface area contributed by atoms with E-state index in [0.717, 1.165) is 29.2 Å². The number of fused-ring (bicyclic) bond motifs is 1. The predicted molar refractivity (Wildman–Crippen MR) is 98.0 cm³/mol. The van der Waals surface area contributed by atoms with Gasteiger partial charge in [-0.15, -0.1) is 0 Å². The summed E-state index contributed by atoms with van der Waals surface area (Å²) in [6, 6.07) is 11.5. The van der Waals surface area contributed by atoms with Gasteiger partial charge in [-0.1, -0.05) is 31.2 Å². The van der Waals surface area contributed by atoms with Crippen LogP contribution < -0.4 is 9.64 Å². The molecule has 1 unspecified atom stereocenters. The van der Waals surface area contributed by atoms with Crippen LogP contribution in [-0.2, 0) is 11.2 Å². The topological polar surface area (TPSA) is 42.4 Å². The Hall–Kier alpha value is -2.88. The lowest BCUT2D eigenvalue weighted by molar-refractivity contribution is -0.116. The van der Waals surface area contributed by atoms with E-state index in [1.807, 2.05) is 36.4 Å². The zero-order valence-corrected chi connectivity index (χ0v) is 14.2. The third-order valence-corrected chi connectivity index (χ3v) is 4.55. The summed E-state index contributed by atoms with van der Waals surface area (Å²) in [7, 11) is 0. The van der Waals surface area contributed by atoms with Crippen LogP contribution in [0.15, 0.2) is 66.4 Å². The highest BCUT2D eigenvalue weighted by Crippen LogP contribution is 2.34. The van der Waals surface area contributed by atoms with Gasteiger partial charge in [0.05, 0.1) is 12.1 Å².